The van der Waals surface area contributed by atoms with E-state index in [2.05, 4.69) is 42.3 Å². The molecule has 100 valence electrons. The molecule has 18 heavy (non-hydrogen) atoms. The lowest BCUT2D eigenvalue weighted by molar-refractivity contribution is 0.198. The minimum Gasteiger partial charge on any atom is -0.497 e. The van der Waals surface area contributed by atoms with Crippen LogP contribution < -0.4 is 10.1 Å². The zero-order valence-corrected chi connectivity index (χ0v) is 11.6. The first-order valence-corrected chi connectivity index (χ1v) is 6.79. The highest BCUT2D eigenvalue weighted by Gasteiger charge is 2.20. The van der Waals surface area contributed by atoms with Crippen LogP contribution in [0.15, 0.2) is 24.3 Å². The maximum absolute atomic E-state index is 5.29. The largest absolute Gasteiger partial charge is 0.497 e. The van der Waals surface area contributed by atoms with E-state index in [-0.39, 0.29) is 0 Å². The molecular formula is C15H24N2O. The van der Waals surface area contributed by atoms with Gasteiger partial charge in [0.1, 0.15) is 5.75 Å². The monoisotopic (exact) mass is 248 g/mol. The van der Waals surface area contributed by atoms with Crippen LogP contribution in [-0.4, -0.2) is 37.2 Å². The number of benzene rings is 1. The molecule has 0 aromatic heterocycles. The molecule has 1 aliphatic heterocycles. The zero-order valence-electron chi connectivity index (χ0n) is 11.6. The van der Waals surface area contributed by atoms with Gasteiger partial charge >= 0.3 is 0 Å². The van der Waals surface area contributed by atoms with Crippen molar-refractivity contribution < 1.29 is 4.74 Å². The molecule has 0 aliphatic carbocycles. The van der Waals surface area contributed by atoms with Gasteiger partial charge in [0.25, 0.3) is 0 Å². The molecule has 1 aliphatic rings. The summed E-state index contributed by atoms with van der Waals surface area (Å²) in [6.45, 7) is 7.82. The van der Waals surface area contributed by atoms with E-state index in [9.17, 15) is 0 Å². The summed E-state index contributed by atoms with van der Waals surface area (Å²) in [4.78, 5) is 2.55. The molecule has 1 aromatic rings. The normalized spacial score (nSPS) is 25.7. The Balaban J connectivity index is 2.05. The van der Waals surface area contributed by atoms with Gasteiger partial charge in [-0.25, -0.2) is 0 Å². The standard InChI is InChI=1S/C15H24N2O/c1-12-10-17(13(2)7-8-16-12)11-14-5-4-6-15(9-14)18-3/h4-6,9,12-13,16H,7-8,10-11H2,1-3H3. The number of methoxy groups -OCH3 is 1. The van der Waals surface area contributed by atoms with Crippen LogP contribution in [-0.2, 0) is 6.54 Å². The molecule has 1 saturated heterocycles. The number of rotatable bonds is 3. The van der Waals surface area contributed by atoms with Crippen molar-refractivity contribution in [2.45, 2.75) is 38.9 Å². The molecule has 1 aromatic carbocycles. The Morgan fingerprint density at radius 1 is 1.39 bits per heavy atom. The van der Waals surface area contributed by atoms with Crippen LogP contribution in [0.1, 0.15) is 25.8 Å². The highest BCUT2D eigenvalue weighted by molar-refractivity contribution is 5.28. The number of nitrogens with one attached hydrogen (secondary N) is 1. The maximum Gasteiger partial charge on any atom is 0.119 e. The van der Waals surface area contributed by atoms with E-state index in [1.54, 1.807) is 7.11 Å². The fourth-order valence-electron chi connectivity index (χ4n) is 2.54. The van der Waals surface area contributed by atoms with E-state index in [0.717, 1.165) is 25.4 Å². The Hall–Kier alpha value is -1.06. The molecule has 2 unspecified atom stereocenters. The highest BCUT2D eigenvalue weighted by atomic mass is 16.5. The van der Waals surface area contributed by atoms with Crippen molar-refractivity contribution in [1.82, 2.24) is 10.2 Å². The molecule has 3 nitrogen and oxygen atoms in total. The third kappa shape index (κ3) is 3.47. The van der Waals surface area contributed by atoms with Crippen LogP contribution >= 0.6 is 0 Å². The first kappa shape index (κ1) is 13.4. The average Bonchev–Trinajstić information content (AvgIpc) is 2.52. The van der Waals surface area contributed by atoms with Gasteiger partial charge < -0.3 is 10.1 Å². The highest BCUT2D eigenvalue weighted by Crippen LogP contribution is 2.17. The van der Waals surface area contributed by atoms with Gasteiger partial charge in [-0.1, -0.05) is 12.1 Å². The lowest BCUT2D eigenvalue weighted by atomic mass is 10.1. The molecular weight excluding hydrogens is 224 g/mol. The Bertz CT molecular complexity index is 381. The summed E-state index contributed by atoms with van der Waals surface area (Å²) in [6, 6.07) is 9.58. The van der Waals surface area contributed by atoms with Gasteiger partial charge in [-0.3, -0.25) is 4.90 Å². The number of hydrogen-bond acceptors (Lipinski definition) is 3. The van der Waals surface area contributed by atoms with Crippen molar-refractivity contribution in [3.63, 3.8) is 0 Å². The van der Waals surface area contributed by atoms with Crippen molar-refractivity contribution in [3.05, 3.63) is 29.8 Å². The minimum atomic E-state index is 0.570. The molecule has 1 N–H and O–H groups in total. The van der Waals surface area contributed by atoms with Crippen LogP contribution in [0.4, 0.5) is 0 Å². The SMILES string of the molecule is COc1cccc(CN2CC(C)NCCC2C)c1. The van der Waals surface area contributed by atoms with E-state index in [1.807, 2.05) is 6.07 Å². The van der Waals surface area contributed by atoms with E-state index < -0.39 is 0 Å². The lowest BCUT2D eigenvalue weighted by Crippen LogP contribution is -2.37. The third-order valence-corrected chi connectivity index (χ3v) is 3.71. The van der Waals surface area contributed by atoms with E-state index >= 15 is 0 Å². The second-order valence-corrected chi connectivity index (χ2v) is 5.27. The quantitative estimate of drug-likeness (QED) is 0.888. The smallest absolute Gasteiger partial charge is 0.119 e. The number of nitrogens with zero attached hydrogens (tertiary/aromatic N) is 1. The second-order valence-electron chi connectivity index (χ2n) is 5.27. The molecule has 1 fully saturated rings. The molecule has 1 heterocycles. The van der Waals surface area contributed by atoms with Gasteiger partial charge in [0.2, 0.25) is 0 Å². The van der Waals surface area contributed by atoms with Crippen LogP contribution in [0.5, 0.6) is 5.75 Å². The number of ether oxygens (including phenoxy) is 1. The molecule has 2 rings (SSSR count). The Morgan fingerprint density at radius 2 is 2.22 bits per heavy atom. The second kappa shape index (κ2) is 6.21. The predicted molar refractivity (Wildman–Crippen MR) is 74.9 cm³/mol. The molecule has 0 spiro atoms. The van der Waals surface area contributed by atoms with Crippen LogP contribution in [0.2, 0.25) is 0 Å². The summed E-state index contributed by atoms with van der Waals surface area (Å²) < 4.78 is 5.29. The van der Waals surface area contributed by atoms with E-state index in [4.69, 9.17) is 4.74 Å². The third-order valence-electron chi connectivity index (χ3n) is 3.71. The molecule has 3 heteroatoms. The van der Waals surface area contributed by atoms with Crippen molar-refractivity contribution in [1.29, 1.82) is 0 Å². The predicted octanol–water partition coefficient (Wildman–Crippen LogP) is 2.27. The summed E-state index contributed by atoms with van der Waals surface area (Å²) in [7, 11) is 1.72. The number of hydrogen-bond donors (Lipinski definition) is 1. The summed E-state index contributed by atoms with van der Waals surface area (Å²) in [5.74, 6) is 0.946. The first-order chi connectivity index (χ1) is 8.69. The molecule has 0 bridgehead atoms. The fourth-order valence-corrected chi connectivity index (χ4v) is 2.54. The van der Waals surface area contributed by atoms with Gasteiger partial charge in [0.05, 0.1) is 7.11 Å². The van der Waals surface area contributed by atoms with E-state index in [1.165, 1.54) is 12.0 Å². The average molecular weight is 248 g/mol. The molecule has 0 saturated carbocycles. The Kier molecular flexibility index (Phi) is 4.61. The van der Waals surface area contributed by atoms with Gasteiger partial charge in [-0.15, -0.1) is 0 Å². The van der Waals surface area contributed by atoms with Crippen LogP contribution in [0.25, 0.3) is 0 Å². The molecule has 0 amide bonds. The van der Waals surface area contributed by atoms with Crippen molar-refractivity contribution in [3.8, 4) is 5.75 Å². The Labute approximate surface area is 110 Å². The molecule has 2 atom stereocenters. The fraction of sp³-hybridized carbons (Fsp3) is 0.600. The van der Waals surface area contributed by atoms with Crippen molar-refractivity contribution in [2.24, 2.45) is 0 Å². The first-order valence-electron chi connectivity index (χ1n) is 6.79. The topological polar surface area (TPSA) is 24.5 Å². The van der Waals surface area contributed by atoms with Gasteiger partial charge in [0, 0.05) is 25.2 Å². The summed E-state index contributed by atoms with van der Waals surface area (Å²) >= 11 is 0. The van der Waals surface area contributed by atoms with Gasteiger partial charge in [-0.2, -0.15) is 0 Å². The summed E-state index contributed by atoms with van der Waals surface area (Å²) in [5, 5.41) is 3.55. The van der Waals surface area contributed by atoms with Gasteiger partial charge in [0.15, 0.2) is 0 Å². The van der Waals surface area contributed by atoms with Crippen molar-refractivity contribution >= 4 is 0 Å². The van der Waals surface area contributed by atoms with Crippen LogP contribution in [0, 0.1) is 0 Å². The maximum atomic E-state index is 5.29. The van der Waals surface area contributed by atoms with E-state index in [0.29, 0.717) is 12.1 Å². The zero-order chi connectivity index (χ0) is 13.0. The summed E-state index contributed by atoms with van der Waals surface area (Å²) in [6.07, 6.45) is 1.22. The molecule has 0 radical (unpaired) electrons. The summed E-state index contributed by atoms with van der Waals surface area (Å²) in [5.41, 5.74) is 1.33. The lowest BCUT2D eigenvalue weighted by Gasteiger charge is -2.28. The Morgan fingerprint density at radius 3 is 3.00 bits per heavy atom. The minimum absolute atomic E-state index is 0.570. The van der Waals surface area contributed by atoms with Gasteiger partial charge in [-0.05, 0) is 44.5 Å². The van der Waals surface area contributed by atoms with Crippen LogP contribution in [0.3, 0.4) is 0 Å². The van der Waals surface area contributed by atoms with Crippen molar-refractivity contribution in [2.75, 3.05) is 20.2 Å².